The van der Waals surface area contributed by atoms with E-state index in [1.165, 1.54) is 0 Å². The van der Waals surface area contributed by atoms with Gasteiger partial charge in [-0.3, -0.25) is 0 Å². The molecule has 0 saturated heterocycles. The van der Waals surface area contributed by atoms with Crippen molar-refractivity contribution in [3.63, 3.8) is 0 Å². The minimum absolute atomic E-state index is 0.186. The zero-order valence-electron chi connectivity index (χ0n) is 29.2. The predicted molar refractivity (Wildman–Crippen MR) is 190 cm³/mol. The third-order valence-corrected chi connectivity index (χ3v) is 8.77. The second kappa shape index (κ2) is 10.4. The quantitative estimate of drug-likeness (QED) is 0.190. The monoisotopic (exact) mass is 577 g/mol. The SMILES string of the molecule is [2H]c1c([2H])c([2H])c(-c2ccccc2-c2c3ccccc3c(-c3cc4oc5ccccc5c4cc3-c3ccccc3)c3ccccc23)c([2H])c1[2H]. The number of hydrogen-bond donors (Lipinski definition) is 0. The van der Waals surface area contributed by atoms with Gasteiger partial charge in [-0.1, -0.05) is 152 Å². The fourth-order valence-electron chi connectivity index (χ4n) is 6.85. The molecule has 1 aromatic heterocycles. The summed E-state index contributed by atoms with van der Waals surface area (Å²) >= 11 is 0. The van der Waals surface area contributed by atoms with Crippen molar-refractivity contribution in [3.8, 4) is 44.5 Å². The summed E-state index contributed by atoms with van der Waals surface area (Å²) in [4.78, 5) is 0. The van der Waals surface area contributed by atoms with E-state index in [0.717, 1.165) is 76.9 Å². The number of fused-ring (bicyclic) bond motifs is 5. The lowest BCUT2D eigenvalue weighted by molar-refractivity contribution is 0.669. The van der Waals surface area contributed by atoms with Crippen LogP contribution in [0.4, 0.5) is 0 Å². The molecule has 0 aliphatic rings. The van der Waals surface area contributed by atoms with E-state index in [1.807, 2.05) is 72.8 Å². The summed E-state index contributed by atoms with van der Waals surface area (Å²) in [5.74, 6) is 0. The summed E-state index contributed by atoms with van der Waals surface area (Å²) in [6, 6.07) is 45.7. The molecule has 1 nitrogen and oxygen atoms in total. The highest BCUT2D eigenvalue weighted by Gasteiger charge is 2.22. The molecule has 0 unspecified atom stereocenters. The average Bonchev–Trinajstić information content (AvgIpc) is 3.53. The predicted octanol–water partition coefficient (Wildman–Crippen LogP) is 12.6. The number of rotatable bonds is 4. The van der Waals surface area contributed by atoms with Gasteiger partial charge in [-0.25, -0.2) is 0 Å². The van der Waals surface area contributed by atoms with Crippen LogP contribution >= 0.6 is 0 Å². The summed E-state index contributed by atoms with van der Waals surface area (Å²) in [7, 11) is 0. The molecule has 1 heteroatoms. The zero-order chi connectivity index (χ0) is 34.1. The number of hydrogen-bond acceptors (Lipinski definition) is 1. The van der Waals surface area contributed by atoms with Crippen LogP contribution in [0.2, 0.25) is 0 Å². The Morgan fingerprint density at radius 1 is 0.356 bits per heavy atom. The smallest absolute Gasteiger partial charge is 0.136 e. The molecule has 0 amide bonds. The fraction of sp³-hybridized carbons (Fsp3) is 0. The normalized spacial score (nSPS) is 13.1. The van der Waals surface area contributed by atoms with Crippen LogP contribution in [-0.4, -0.2) is 0 Å². The number of para-hydroxylation sites is 1. The van der Waals surface area contributed by atoms with Crippen molar-refractivity contribution in [2.24, 2.45) is 0 Å². The minimum Gasteiger partial charge on any atom is -0.456 e. The van der Waals surface area contributed by atoms with Crippen molar-refractivity contribution >= 4 is 43.5 Å². The highest BCUT2D eigenvalue weighted by atomic mass is 16.3. The highest BCUT2D eigenvalue weighted by Crippen LogP contribution is 2.49. The Labute approximate surface area is 268 Å². The van der Waals surface area contributed by atoms with Crippen LogP contribution in [0.25, 0.3) is 88.0 Å². The molecule has 0 saturated carbocycles. The molecule has 210 valence electrons. The van der Waals surface area contributed by atoms with Crippen LogP contribution in [-0.2, 0) is 0 Å². The van der Waals surface area contributed by atoms with Crippen molar-refractivity contribution < 1.29 is 11.3 Å². The van der Waals surface area contributed by atoms with Gasteiger partial charge in [0.05, 0.1) is 6.85 Å². The highest BCUT2D eigenvalue weighted by molar-refractivity contribution is 6.24. The molecule has 9 rings (SSSR count). The molecule has 8 aromatic carbocycles. The minimum atomic E-state index is -0.405. The first kappa shape index (κ1) is 20.9. The summed E-state index contributed by atoms with van der Waals surface area (Å²) in [6.07, 6.45) is 0. The number of benzene rings is 8. The molecule has 0 bridgehead atoms. The van der Waals surface area contributed by atoms with Crippen LogP contribution in [0.15, 0.2) is 174 Å². The Morgan fingerprint density at radius 2 is 0.889 bits per heavy atom. The summed E-state index contributed by atoms with van der Waals surface area (Å²) in [5, 5.41) is 6.17. The Kier molecular flexibility index (Phi) is 4.81. The molecule has 45 heavy (non-hydrogen) atoms. The van der Waals surface area contributed by atoms with E-state index in [-0.39, 0.29) is 29.7 Å². The van der Waals surface area contributed by atoms with Crippen LogP contribution in [0.5, 0.6) is 0 Å². The van der Waals surface area contributed by atoms with E-state index in [1.54, 1.807) is 0 Å². The van der Waals surface area contributed by atoms with Crippen LogP contribution < -0.4 is 0 Å². The average molecular weight is 578 g/mol. The first-order valence-electron chi connectivity index (χ1n) is 17.5. The van der Waals surface area contributed by atoms with Crippen molar-refractivity contribution in [2.45, 2.75) is 0 Å². The van der Waals surface area contributed by atoms with E-state index in [2.05, 4.69) is 66.7 Å². The molecular formula is C44H28O. The first-order valence-corrected chi connectivity index (χ1v) is 15.0. The number of furan rings is 1. The molecule has 0 fully saturated rings. The lowest BCUT2D eigenvalue weighted by atomic mass is 9.82. The Hall–Kier alpha value is -5.92. The molecular weight excluding hydrogens is 544 g/mol. The Bertz CT molecular complexity index is 2730. The molecule has 0 aliphatic carbocycles. The first-order chi connectivity index (χ1) is 24.4. The third kappa shape index (κ3) is 4.09. The summed E-state index contributed by atoms with van der Waals surface area (Å²) < 4.78 is 49.2. The maximum Gasteiger partial charge on any atom is 0.136 e. The van der Waals surface area contributed by atoms with Crippen molar-refractivity contribution in [1.82, 2.24) is 0 Å². The topological polar surface area (TPSA) is 13.1 Å². The van der Waals surface area contributed by atoms with Gasteiger partial charge in [0.2, 0.25) is 0 Å². The van der Waals surface area contributed by atoms with Gasteiger partial charge in [0.15, 0.2) is 0 Å². The summed E-state index contributed by atoms with van der Waals surface area (Å²) in [5.41, 5.74) is 8.45. The Balaban J connectivity index is 1.42. The molecule has 0 atom stereocenters. The standard InChI is InChI=1S/C44H28O/c1-3-15-29(16-4-1)31-19-7-8-21-33(31)43-34-22-9-11-24-36(34)44(37-25-12-10-23-35(37)43)40-28-42-39(32-20-13-14-26-41(32)45-42)27-38(40)30-17-5-2-6-18-30/h1-28H/i1D,3D,4D,15D,16D. The maximum absolute atomic E-state index is 8.83. The van der Waals surface area contributed by atoms with Crippen LogP contribution in [0, 0.1) is 0 Å². The van der Waals surface area contributed by atoms with Crippen molar-refractivity contribution in [1.29, 1.82) is 0 Å². The zero-order valence-corrected chi connectivity index (χ0v) is 24.2. The van der Waals surface area contributed by atoms with Gasteiger partial charge in [0.25, 0.3) is 0 Å². The lowest BCUT2D eigenvalue weighted by Gasteiger charge is -2.21. The largest absolute Gasteiger partial charge is 0.456 e. The fourth-order valence-corrected chi connectivity index (χ4v) is 6.85. The lowest BCUT2D eigenvalue weighted by Crippen LogP contribution is -1.94. The summed E-state index contributed by atoms with van der Waals surface area (Å²) in [6.45, 7) is 0. The molecule has 0 N–H and O–H groups in total. The molecule has 1 heterocycles. The second-order valence-corrected chi connectivity index (χ2v) is 11.2. The van der Waals surface area contributed by atoms with Gasteiger partial charge in [-0.2, -0.15) is 0 Å². The van der Waals surface area contributed by atoms with Gasteiger partial charge in [0, 0.05) is 10.8 Å². The van der Waals surface area contributed by atoms with Gasteiger partial charge < -0.3 is 4.42 Å². The third-order valence-electron chi connectivity index (χ3n) is 8.77. The van der Waals surface area contributed by atoms with E-state index < -0.39 is 6.04 Å². The van der Waals surface area contributed by atoms with Crippen molar-refractivity contribution in [3.05, 3.63) is 170 Å². The van der Waals surface area contributed by atoms with E-state index in [0.29, 0.717) is 5.56 Å². The van der Waals surface area contributed by atoms with E-state index in [9.17, 15) is 0 Å². The second-order valence-electron chi connectivity index (χ2n) is 11.2. The van der Waals surface area contributed by atoms with Gasteiger partial charge in [-0.05, 0) is 84.3 Å². The molecule has 0 radical (unpaired) electrons. The molecule has 0 spiro atoms. The van der Waals surface area contributed by atoms with Gasteiger partial charge in [-0.15, -0.1) is 0 Å². The van der Waals surface area contributed by atoms with Crippen molar-refractivity contribution in [2.75, 3.05) is 0 Å². The van der Waals surface area contributed by atoms with E-state index in [4.69, 9.17) is 11.3 Å². The van der Waals surface area contributed by atoms with E-state index >= 15 is 0 Å². The van der Waals surface area contributed by atoms with Gasteiger partial charge in [0.1, 0.15) is 11.2 Å². The Morgan fingerprint density at radius 3 is 1.56 bits per heavy atom. The maximum atomic E-state index is 8.83. The molecule has 9 aromatic rings. The van der Waals surface area contributed by atoms with Crippen LogP contribution in [0.1, 0.15) is 6.85 Å². The van der Waals surface area contributed by atoms with Crippen LogP contribution in [0.3, 0.4) is 0 Å². The molecule has 0 aliphatic heterocycles. The van der Waals surface area contributed by atoms with Gasteiger partial charge >= 0.3 is 0 Å².